The van der Waals surface area contributed by atoms with Crippen molar-refractivity contribution in [1.29, 1.82) is 0 Å². The number of hydrogen-bond donors (Lipinski definition) is 0. The maximum atomic E-state index is 12.7. The SMILES string of the molecule is COc1ccc(C(=O)Oc2ccc(/C=N/n3c(C)nc4ccccc4c3=O)cc2)cc1. The van der Waals surface area contributed by atoms with Gasteiger partial charge in [-0.2, -0.15) is 9.78 Å². The zero-order valence-electron chi connectivity index (χ0n) is 17.0. The number of methoxy groups -OCH3 is 1. The number of nitrogens with zero attached hydrogens (tertiary/aromatic N) is 3. The lowest BCUT2D eigenvalue weighted by Crippen LogP contribution is -2.20. The number of benzene rings is 3. The summed E-state index contributed by atoms with van der Waals surface area (Å²) in [5, 5.41) is 4.78. The number of ether oxygens (including phenoxy) is 2. The first-order chi connectivity index (χ1) is 15.0. The lowest BCUT2D eigenvalue weighted by Gasteiger charge is -2.06. The van der Waals surface area contributed by atoms with Gasteiger partial charge in [0.05, 0.1) is 29.8 Å². The van der Waals surface area contributed by atoms with Crippen LogP contribution in [0.3, 0.4) is 0 Å². The first-order valence-corrected chi connectivity index (χ1v) is 9.54. The summed E-state index contributed by atoms with van der Waals surface area (Å²) in [5.41, 5.74) is 1.57. The van der Waals surface area contributed by atoms with Crippen molar-refractivity contribution >= 4 is 23.1 Å². The maximum absolute atomic E-state index is 12.7. The van der Waals surface area contributed by atoms with Gasteiger partial charge in [-0.25, -0.2) is 9.78 Å². The average Bonchev–Trinajstić information content (AvgIpc) is 2.80. The summed E-state index contributed by atoms with van der Waals surface area (Å²) in [6.07, 6.45) is 1.56. The average molecular weight is 413 g/mol. The molecule has 0 saturated carbocycles. The largest absolute Gasteiger partial charge is 0.497 e. The fourth-order valence-corrected chi connectivity index (χ4v) is 3.01. The fraction of sp³-hybridized carbons (Fsp3) is 0.0833. The molecule has 0 aliphatic rings. The minimum absolute atomic E-state index is 0.232. The van der Waals surface area contributed by atoms with Crippen LogP contribution in [0.15, 0.2) is 82.7 Å². The van der Waals surface area contributed by atoms with Crippen molar-refractivity contribution in [2.45, 2.75) is 6.92 Å². The van der Waals surface area contributed by atoms with Gasteiger partial charge in [0.2, 0.25) is 0 Å². The van der Waals surface area contributed by atoms with Crippen LogP contribution in [0.2, 0.25) is 0 Å². The van der Waals surface area contributed by atoms with Crippen LogP contribution in [0.25, 0.3) is 10.9 Å². The molecule has 0 aliphatic heterocycles. The van der Waals surface area contributed by atoms with E-state index in [1.54, 1.807) is 87.0 Å². The Kier molecular flexibility index (Phi) is 5.57. The van der Waals surface area contributed by atoms with Gasteiger partial charge in [-0.05, 0) is 73.2 Å². The molecular weight excluding hydrogens is 394 g/mol. The minimum Gasteiger partial charge on any atom is -0.497 e. The second-order valence-corrected chi connectivity index (χ2v) is 6.72. The van der Waals surface area contributed by atoms with Gasteiger partial charge >= 0.3 is 5.97 Å². The number of fused-ring (bicyclic) bond motifs is 1. The van der Waals surface area contributed by atoms with Crippen molar-refractivity contribution in [3.63, 3.8) is 0 Å². The summed E-state index contributed by atoms with van der Waals surface area (Å²) in [5.74, 6) is 1.09. The van der Waals surface area contributed by atoms with Gasteiger partial charge in [0, 0.05) is 0 Å². The monoisotopic (exact) mass is 413 g/mol. The molecule has 0 saturated heterocycles. The summed E-state index contributed by atoms with van der Waals surface area (Å²) in [4.78, 5) is 29.3. The van der Waals surface area contributed by atoms with Crippen molar-refractivity contribution < 1.29 is 14.3 Å². The van der Waals surface area contributed by atoms with E-state index in [0.29, 0.717) is 33.8 Å². The Morgan fingerprint density at radius 2 is 1.65 bits per heavy atom. The Labute approximate surface area is 178 Å². The number of para-hydroxylation sites is 1. The van der Waals surface area contributed by atoms with E-state index in [9.17, 15) is 9.59 Å². The molecule has 4 aromatic rings. The summed E-state index contributed by atoms with van der Waals surface area (Å²) in [6, 6.07) is 20.6. The summed E-state index contributed by atoms with van der Waals surface area (Å²) in [7, 11) is 1.56. The quantitative estimate of drug-likeness (QED) is 0.282. The zero-order chi connectivity index (χ0) is 21.8. The van der Waals surface area contributed by atoms with Gasteiger partial charge in [-0.3, -0.25) is 4.79 Å². The lowest BCUT2D eigenvalue weighted by molar-refractivity contribution is 0.0734. The smallest absolute Gasteiger partial charge is 0.343 e. The fourth-order valence-electron chi connectivity index (χ4n) is 3.01. The number of carbonyl (C=O) groups is 1. The van der Waals surface area contributed by atoms with Crippen LogP contribution >= 0.6 is 0 Å². The molecule has 154 valence electrons. The molecule has 3 aromatic carbocycles. The predicted molar refractivity (Wildman–Crippen MR) is 118 cm³/mol. The molecule has 0 spiro atoms. The van der Waals surface area contributed by atoms with Crippen LogP contribution in [-0.2, 0) is 0 Å². The molecule has 0 aliphatic carbocycles. The Hall–Kier alpha value is -4.26. The minimum atomic E-state index is -0.464. The van der Waals surface area contributed by atoms with E-state index in [2.05, 4.69) is 10.1 Å². The van der Waals surface area contributed by atoms with E-state index in [-0.39, 0.29) is 5.56 Å². The Morgan fingerprint density at radius 1 is 0.968 bits per heavy atom. The molecule has 0 radical (unpaired) electrons. The van der Waals surface area contributed by atoms with Gasteiger partial charge in [0.15, 0.2) is 0 Å². The van der Waals surface area contributed by atoms with E-state index >= 15 is 0 Å². The van der Waals surface area contributed by atoms with E-state index in [1.165, 1.54) is 4.68 Å². The molecule has 7 nitrogen and oxygen atoms in total. The molecule has 4 rings (SSSR count). The van der Waals surface area contributed by atoms with Gasteiger partial charge in [-0.15, -0.1) is 0 Å². The van der Waals surface area contributed by atoms with E-state index in [1.807, 2.05) is 6.07 Å². The highest BCUT2D eigenvalue weighted by molar-refractivity contribution is 5.91. The molecule has 0 fully saturated rings. The van der Waals surface area contributed by atoms with Crippen LogP contribution in [0.4, 0.5) is 0 Å². The van der Waals surface area contributed by atoms with E-state index < -0.39 is 5.97 Å². The van der Waals surface area contributed by atoms with Crippen molar-refractivity contribution in [2.24, 2.45) is 5.10 Å². The van der Waals surface area contributed by atoms with Crippen LogP contribution < -0.4 is 15.0 Å². The summed E-state index contributed by atoms with van der Waals surface area (Å²) in [6.45, 7) is 1.73. The normalized spacial score (nSPS) is 11.0. The number of aryl methyl sites for hydroxylation is 1. The first-order valence-electron chi connectivity index (χ1n) is 9.54. The van der Waals surface area contributed by atoms with Gasteiger partial charge in [-0.1, -0.05) is 12.1 Å². The first kappa shape index (κ1) is 20.0. The standard InChI is InChI=1S/C24H19N3O4/c1-16-26-22-6-4-3-5-21(22)23(28)27(16)25-15-17-7-11-20(12-8-17)31-24(29)18-9-13-19(30-2)14-10-18/h3-15H,1-2H3/b25-15+. The number of hydrogen-bond acceptors (Lipinski definition) is 6. The highest BCUT2D eigenvalue weighted by Crippen LogP contribution is 2.16. The molecule has 0 amide bonds. The molecule has 0 atom stereocenters. The second kappa shape index (κ2) is 8.62. The van der Waals surface area contributed by atoms with Crippen molar-refractivity contribution in [3.05, 3.63) is 100 Å². The Morgan fingerprint density at radius 3 is 2.35 bits per heavy atom. The third-order valence-electron chi connectivity index (χ3n) is 4.65. The number of aromatic nitrogens is 2. The highest BCUT2D eigenvalue weighted by atomic mass is 16.5. The number of carbonyl (C=O) groups excluding carboxylic acids is 1. The lowest BCUT2D eigenvalue weighted by atomic mass is 10.2. The molecule has 7 heteroatoms. The predicted octanol–water partition coefficient (Wildman–Crippen LogP) is 3.81. The molecular formula is C24H19N3O4. The summed E-state index contributed by atoms with van der Waals surface area (Å²) < 4.78 is 11.7. The van der Waals surface area contributed by atoms with Crippen LogP contribution in [0, 0.1) is 6.92 Å². The molecule has 1 aromatic heterocycles. The third kappa shape index (κ3) is 4.35. The van der Waals surface area contributed by atoms with E-state index in [4.69, 9.17) is 9.47 Å². The topological polar surface area (TPSA) is 82.8 Å². The van der Waals surface area contributed by atoms with Crippen LogP contribution in [0.1, 0.15) is 21.7 Å². The van der Waals surface area contributed by atoms with Gasteiger partial charge < -0.3 is 9.47 Å². The van der Waals surface area contributed by atoms with Crippen molar-refractivity contribution in [3.8, 4) is 11.5 Å². The molecule has 1 heterocycles. The number of esters is 1. The summed E-state index contributed by atoms with van der Waals surface area (Å²) >= 11 is 0. The molecule has 0 N–H and O–H groups in total. The van der Waals surface area contributed by atoms with Crippen LogP contribution in [-0.4, -0.2) is 29.0 Å². The van der Waals surface area contributed by atoms with E-state index in [0.717, 1.165) is 5.56 Å². The van der Waals surface area contributed by atoms with Gasteiger partial charge in [0.25, 0.3) is 5.56 Å². The third-order valence-corrected chi connectivity index (χ3v) is 4.65. The van der Waals surface area contributed by atoms with Gasteiger partial charge in [0.1, 0.15) is 17.3 Å². The maximum Gasteiger partial charge on any atom is 0.343 e. The number of rotatable bonds is 5. The Bertz CT molecular complexity index is 1320. The van der Waals surface area contributed by atoms with Crippen LogP contribution in [0.5, 0.6) is 11.5 Å². The second-order valence-electron chi connectivity index (χ2n) is 6.72. The van der Waals surface area contributed by atoms with Crippen molar-refractivity contribution in [1.82, 2.24) is 9.66 Å². The Balaban J connectivity index is 1.50. The van der Waals surface area contributed by atoms with Crippen molar-refractivity contribution in [2.75, 3.05) is 7.11 Å². The molecule has 31 heavy (non-hydrogen) atoms. The zero-order valence-corrected chi connectivity index (χ0v) is 17.0. The molecule has 0 bridgehead atoms. The highest BCUT2D eigenvalue weighted by Gasteiger charge is 2.09. The molecule has 0 unspecified atom stereocenters.